The van der Waals surface area contributed by atoms with Crippen LogP contribution in [0, 0.1) is 0 Å². The molecule has 2 heterocycles. The lowest BCUT2D eigenvalue weighted by Crippen LogP contribution is -2.22. The fraction of sp³-hybridized carbons (Fsp3) is 0.263. The number of rotatable bonds is 7. The van der Waals surface area contributed by atoms with Crippen molar-refractivity contribution >= 4 is 23.3 Å². The monoisotopic (exact) mass is 386 g/mol. The van der Waals surface area contributed by atoms with Crippen LogP contribution >= 0.6 is 0 Å². The second kappa shape index (κ2) is 8.38. The zero-order chi connectivity index (χ0) is 20.1. The molecule has 3 rings (SSSR count). The van der Waals surface area contributed by atoms with Crippen LogP contribution in [0.4, 0.5) is 5.69 Å². The molecule has 0 radical (unpaired) electrons. The molecule has 0 aliphatic carbocycles. The second-order valence-corrected chi connectivity index (χ2v) is 5.72. The Bertz CT molecular complexity index is 926. The summed E-state index contributed by atoms with van der Waals surface area (Å²) in [6.07, 6.45) is 1.48. The van der Waals surface area contributed by atoms with E-state index in [1.165, 1.54) is 31.3 Å². The molecule has 0 bridgehead atoms. The molecule has 0 saturated carbocycles. The molecule has 0 atom stereocenters. The highest BCUT2D eigenvalue weighted by Crippen LogP contribution is 2.37. The van der Waals surface area contributed by atoms with Gasteiger partial charge in [-0.1, -0.05) is 0 Å². The number of anilines is 1. The van der Waals surface area contributed by atoms with Crippen molar-refractivity contribution < 1.29 is 33.3 Å². The van der Waals surface area contributed by atoms with E-state index in [-0.39, 0.29) is 35.3 Å². The van der Waals surface area contributed by atoms with Crippen LogP contribution in [0.1, 0.15) is 34.6 Å². The normalized spacial score (nSPS) is 11.6. The molecule has 0 fully saturated rings. The zero-order valence-corrected chi connectivity index (χ0v) is 15.3. The molecular weight excluding hydrogens is 368 g/mol. The summed E-state index contributed by atoms with van der Waals surface area (Å²) >= 11 is 0. The van der Waals surface area contributed by atoms with Crippen LogP contribution in [-0.4, -0.2) is 42.7 Å². The van der Waals surface area contributed by atoms with Gasteiger partial charge < -0.3 is 24.3 Å². The van der Waals surface area contributed by atoms with Crippen molar-refractivity contribution in [2.24, 2.45) is 0 Å². The predicted octanol–water partition coefficient (Wildman–Crippen LogP) is 2.21. The van der Waals surface area contributed by atoms with Gasteiger partial charge in [-0.3, -0.25) is 9.59 Å². The Morgan fingerprint density at radius 3 is 2.64 bits per heavy atom. The van der Waals surface area contributed by atoms with Crippen LogP contribution in [0.2, 0.25) is 0 Å². The fourth-order valence-corrected chi connectivity index (χ4v) is 2.53. The number of amides is 1. The number of hydrogen-bond acceptors (Lipinski definition) is 8. The molecule has 9 nitrogen and oxygen atoms in total. The zero-order valence-electron chi connectivity index (χ0n) is 15.3. The van der Waals surface area contributed by atoms with E-state index in [1.54, 1.807) is 13.0 Å². The first-order valence-corrected chi connectivity index (χ1v) is 8.49. The number of carbonyl (C=O) groups excluding carboxylic acids is 3. The maximum absolute atomic E-state index is 12.2. The summed E-state index contributed by atoms with van der Waals surface area (Å²) in [4.78, 5) is 40.2. The van der Waals surface area contributed by atoms with Crippen molar-refractivity contribution in [3.63, 3.8) is 0 Å². The number of carbonyl (C=O) groups is 3. The Kier molecular flexibility index (Phi) is 5.73. The summed E-state index contributed by atoms with van der Waals surface area (Å²) in [6, 6.07) is 6.04. The number of benzene rings is 1. The molecule has 28 heavy (non-hydrogen) atoms. The van der Waals surface area contributed by atoms with E-state index in [0.717, 1.165) is 0 Å². The smallest absolute Gasteiger partial charge is 0.344 e. The number of Topliss-reactive ketones (excluding diaryl/α,β-unsaturated/α-hetero) is 1. The van der Waals surface area contributed by atoms with Crippen molar-refractivity contribution in [1.82, 2.24) is 4.98 Å². The highest BCUT2D eigenvalue weighted by atomic mass is 16.7. The Morgan fingerprint density at radius 2 is 1.93 bits per heavy atom. The number of aromatic nitrogens is 1. The quantitative estimate of drug-likeness (QED) is 0.569. The molecule has 1 aromatic heterocycles. The first-order valence-electron chi connectivity index (χ1n) is 8.49. The molecular formula is C19H18N2O7. The third kappa shape index (κ3) is 4.20. The Balaban J connectivity index is 1.67. The number of fused-ring (bicyclic) bond motifs is 1. The average Bonchev–Trinajstić information content (AvgIpc) is 3.13. The van der Waals surface area contributed by atoms with E-state index < -0.39 is 18.5 Å². The van der Waals surface area contributed by atoms with Gasteiger partial charge in [-0.25, -0.2) is 9.78 Å². The topological polar surface area (TPSA) is 113 Å². The molecule has 1 N–H and O–H groups in total. The number of pyridine rings is 1. The van der Waals surface area contributed by atoms with Gasteiger partial charge in [-0.15, -0.1) is 0 Å². The summed E-state index contributed by atoms with van der Waals surface area (Å²) in [5.41, 5.74) is 0.619. The fourth-order valence-electron chi connectivity index (χ4n) is 2.53. The third-order valence-corrected chi connectivity index (χ3v) is 3.77. The summed E-state index contributed by atoms with van der Waals surface area (Å²) < 4.78 is 20.8. The maximum Gasteiger partial charge on any atom is 0.344 e. The van der Waals surface area contributed by atoms with E-state index >= 15 is 0 Å². The Hall–Kier alpha value is -3.62. The first kappa shape index (κ1) is 19.2. The van der Waals surface area contributed by atoms with Gasteiger partial charge in [0, 0.05) is 17.8 Å². The molecule has 1 aliphatic heterocycles. The van der Waals surface area contributed by atoms with Crippen LogP contribution in [0.25, 0.3) is 0 Å². The minimum absolute atomic E-state index is 0.0367. The number of nitrogens with zero attached hydrogens (tertiary/aromatic N) is 1. The van der Waals surface area contributed by atoms with Gasteiger partial charge in [0.15, 0.2) is 23.9 Å². The predicted molar refractivity (Wildman–Crippen MR) is 96.9 cm³/mol. The molecule has 1 amide bonds. The molecule has 0 saturated heterocycles. The van der Waals surface area contributed by atoms with Gasteiger partial charge in [0.25, 0.3) is 5.91 Å². The summed E-state index contributed by atoms with van der Waals surface area (Å²) in [5.74, 6) is -0.656. The van der Waals surface area contributed by atoms with Gasteiger partial charge in [0.1, 0.15) is 5.56 Å². The minimum atomic E-state index is -0.746. The largest absolute Gasteiger partial charge is 0.477 e. The molecule has 0 unspecified atom stereocenters. The van der Waals surface area contributed by atoms with Crippen LogP contribution in [0.5, 0.6) is 17.4 Å². The maximum atomic E-state index is 12.2. The van der Waals surface area contributed by atoms with Crippen molar-refractivity contribution in [2.45, 2.75) is 13.8 Å². The number of ether oxygens (including phenoxy) is 4. The van der Waals surface area contributed by atoms with Crippen LogP contribution in [0.3, 0.4) is 0 Å². The summed E-state index contributed by atoms with van der Waals surface area (Å²) in [5, 5.41) is 2.55. The highest BCUT2D eigenvalue weighted by Gasteiger charge is 2.21. The van der Waals surface area contributed by atoms with E-state index in [9.17, 15) is 14.4 Å². The number of ketones is 1. The Labute approximate surface area is 160 Å². The minimum Gasteiger partial charge on any atom is -0.477 e. The van der Waals surface area contributed by atoms with Crippen molar-refractivity contribution in [2.75, 3.05) is 25.3 Å². The van der Waals surface area contributed by atoms with Crippen LogP contribution < -0.4 is 19.5 Å². The van der Waals surface area contributed by atoms with Gasteiger partial charge in [-0.2, -0.15) is 0 Å². The molecule has 146 valence electrons. The number of hydrogen-bond donors (Lipinski definition) is 1. The lowest BCUT2D eigenvalue weighted by atomic mass is 10.1. The SMILES string of the molecule is CCOc1ncccc1C(=O)OCC(=O)Nc1cc2c(cc1C(C)=O)OCO2. The van der Waals surface area contributed by atoms with E-state index in [0.29, 0.717) is 18.1 Å². The molecule has 1 aromatic carbocycles. The van der Waals surface area contributed by atoms with Crippen molar-refractivity contribution in [3.8, 4) is 17.4 Å². The van der Waals surface area contributed by atoms with Crippen molar-refractivity contribution in [3.05, 3.63) is 41.6 Å². The van der Waals surface area contributed by atoms with Gasteiger partial charge >= 0.3 is 5.97 Å². The van der Waals surface area contributed by atoms with E-state index in [4.69, 9.17) is 18.9 Å². The van der Waals surface area contributed by atoms with Gasteiger partial charge in [0.2, 0.25) is 12.7 Å². The van der Waals surface area contributed by atoms with E-state index in [2.05, 4.69) is 10.3 Å². The third-order valence-electron chi connectivity index (χ3n) is 3.77. The van der Waals surface area contributed by atoms with Gasteiger partial charge in [0.05, 0.1) is 12.3 Å². The van der Waals surface area contributed by atoms with Gasteiger partial charge in [-0.05, 0) is 32.0 Å². The van der Waals surface area contributed by atoms with Crippen LogP contribution in [-0.2, 0) is 9.53 Å². The second-order valence-electron chi connectivity index (χ2n) is 5.72. The van der Waals surface area contributed by atoms with E-state index in [1.807, 2.05) is 0 Å². The lowest BCUT2D eigenvalue weighted by molar-refractivity contribution is -0.119. The molecule has 0 spiro atoms. The molecule has 2 aromatic rings. The first-order chi connectivity index (χ1) is 13.5. The number of nitrogens with one attached hydrogen (secondary N) is 1. The highest BCUT2D eigenvalue weighted by molar-refractivity contribution is 6.05. The summed E-state index contributed by atoms with van der Waals surface area (Å²) in [6.45, 7) is 2.94. The van der Waals surface area contributed by atoms with Crippen LogP contribution in [0.15, 0.2) is 30.5 Å². The average molecular weight is 386 g/mol. The standard InChI is InChI=1S/C19H18N2O7/c1-3-25-18-12(5-4-6-20-18)19(24)26-9-17(23)21-14-8-16-15(27-10-28-16)7-13(14)11(2)22/h4-8H,3,9-10H2,1-2H3,(H,21,23). The van der Waals surface area contributed by atoms with Crippen molar-refractivity contribution in [1.29, 1.82) is 0 Å². The number of esters is 1. The Morgan fingerprint density at radius 1 is 1.18 bits per heavy atom. The molecule has 9 heteroatoms. The lowest BCUT2D eigenvalue weighted by Gasteiger charge is -2.11. The molecule has 1 aliphatic rings. The summed E-state index contributed by atoms with van der Waals surface area (Å²) in [7, 11) is 0.